The Bertz CT molecular complexity index is 663. The number of hydrogen-bond donors (Lipinski definition) is 1. The highest BCUT2D eigenvalue weighted by Crippen LogP contribution is 2.16. The molecule has 0 heterocycles. The largest absolute Gasteiger partial charge is 0.460 e. The number of quaternary nitrogens is 1. The van der Waals surface area contributed by atoms with Gasteiger partial charge in [0.2, 0.25) is 0 Å². The highest BCUT2D eigenvalue weighted by atomic mass is 16.5. The molecule has 0 fully saturated rings. The molecule has 0 bridgehead atoms. The summed E-state index contributed by atoms with van der Waals surface area (Å²) < 4.78 is 11.8. The van der Waals surface area contributed by atoms with Crippen molar-refractivity contribution in [2.24, 2.45) is 0 Å². The molecule has 0 unspecified atom stereocenters. The lowest BCUT2D eigenvalue weighted by Gasteiger charge is -2.36. The predicted octanol–water partition coefficient (Wildman–Crippen LogP) is 12.4. The average Bonchev–Trinajstić information content (AvgIpc) is 3.11. The topological polar surface area (TPSA) is 72.8 Å². The van der Waals surface area contributed by atoms with Crippen LogP contribution in [0.2, 0.25) is 0 Å². The number of carbonyl (C=O) groups is 2. The fourth-order valence-corrected chi connectivity index (χ4v) is 7.15. The first-order valence-corrected chi connectivity index (χ1v) is 22.3. The van der Waals surface area contributed by atoms with E-state index < -0.39 is 0 Å². The fourth-order valence-electron chi connectivity index (χ4n) is 7.15. The maximum atomic E-state index is 12.3. The minimum absolute atomic E-state index is 0.0635. The van der Waals surface area contributed by atoms with Crippen LogP contribution in [0.3, 0.4) is 0 Å². The van der Waals surface area contributed by atoms with Gasteiger partial charge in [0.15, 0.2) is 0 Å². The van der Waals surface area contributed by atoms with E-state index in [0.29, 0.717) is 50.2 Å². The van der Waals surface area contributed by atoms with Crippen LogP contribution < -0.4 is 0 Å². The molecule has 0 radical (unpaired) electrons. The van der Waals surface area contributed by atoms with Gasteiger partial charge in [-0.1, -0.05) is 194 Å². The van der Waals surface area contributed by atoms with Crippen LogP contribution in [-0.2, 0) is 19.1 Å². The molecule has 0 aromatic rings. The molecule has 0 aliphatic heterocycles. The predicted molar refractivity (Wildman–Crippen MR) is 213 cm³/mol. The Morgan fingerprint density at radius 1 is 0.400 bits per heavy atom. The van der Waals surface area contributed by atoms with Gasteiger partial charge in [-0.05, 0) is 19.8 Å². The molecule has 0 atom stereocenters. The summed E-state index contributed by atoms with van der Waals surface area (Å²) in [4.78, 5) is 24.7. The van der Waals surface area contributed by atoms with Gasteiger partial charge in [-0.15, -0.1) is 0 Å². The van der Waals surface area contributed by atoms with E-state index >= 15 is 0 Å². The number of aliphatic hydroxyl groups excluding tert-OH is 1. The molecule has 6 heteroatoms. The van der Waals surface area contributed by atoms with E-state index in [2.05, 4.69) is 20.8 Å². The Kier molecular flexibility index (Phi) is 38.2. The third-order valence-electron chi connectivity index (χ3n) is 10.9. The Morgan fingerprint density at radius 2 is 0.660 bits per heavy atom. The van der Waals surface area contributed by atoms with Crippen LogP contribution >= 0.6 is 0 Å². The van der Waals surface area contributed by atoms with Crippen LogP contribution in [0.5, 0.6) is 0 Å². The van der Waals surface area contributed by atoms with Crippen molar-refractivity contribution >= 4 is 11.9 Å². The molecular weight excluding hydrogens is 622 g/mol. The summed E-state index contributed by atoms with van der Waals surface area (Å²) in [6.45, 7) is 10.0. The minimum atomic E-state index is -0.118. The van der Waals surface area contributed by atoms with Gasteiger partial charge in [-0.25, -0.2) is 0 Å². The summed E-state index contributed by atoms with van der Waals surface area (Å²) in [5.74, 6) is -0.236. The SMILES string of the molecule is CCCCCCCCCCCCCCCCCC(=O)OCC[N+](CC)(CCO)CCOC(=O)CCCCCCCCCCCCCCCCC. The molecular formula is C44H88NO5+. The zero-order valence-corrected chi connectivity index (χ0v) is 34.1. The second-order valence-electron chi connectivity index (χ2n) is 15.4. The summed E-state index contributed by atoms with van der Waals surface area (Å²) in [5.41, 5.74) is 0. The monoisotopic (exact) mass is 711 g/mol. The van der Waals surface area contributed by atoms with Crippen LogP contribution in [0.1, 0.15) is 226 Å². The molecule has 0 aromatic heterocycles. The molecule has 0 saturated carbocycles. The van der Waals surface area contributed by atoms with Crippen molar-refractivity contribution in [3.8, 4) is 0 Å². The number of rotatable bonds is 41. The van der Waals surface area contributed by atoms with Crippen molar-refractivity contribution in [3.63, 3.8) is 0 Å². The molecule has 6 nitrogen and oxygen atoms in total. The lowest BCUT2D eigenvalue weighted by atomic mass is 10.0. The summed E-state index contributed by atoms with van der Waals surface area (Å²) >= 11 is 0. The summed E-state index contributed by atoms with van der Waals surface area (Å²) in [6.07, 6.45) is 40.3. The molecule has 0 rings (SSSR count). The number of unbranched alkanes of at least 4 members (excludes halogenated alkanes) is 28. The van der Waals surface area contributed by atoms with Crippen molar-refractivity contribution in [2.45, 2.75) is 226 Å². The van der Waals surface area contributed by atoms with E-state index in [1.165, 1.54) is 167 Å². The van der Waals surface area contributed by atoms with E-state index in [9.17, 15) is 14.7 Å². The number of hydrogen-bond acceptors (Lipinski definition) is 5. The fraction of sp³-hybridized carbons (Fsp3) is 0.955. The van der Waals surface area contributed by atoms with Gasteiger partial charge >= 0.3 is 11.9 Å². The number of carbonyl (C=O) groups excluding carboxylic acids is 2. The first kappa shape index (κ1) is 48.9. The second-order valence-corrected chi connectivity index (χ2v) is 15.4. The average molecular weight is 711 g/mol. The van der Waals surface area contributed by atoms with E-state index in [1.807, 2.05) is 0 Å². The molecule has 1 N–H and O–H groups in total. The molecule has 0 aliphatic rings. The van der Waals surface area contributed by atoms with Crippen LogP contribution in [0.25, 0.3) is 0 Å². The number of likely N-dealkylation sites (N-methyl/N-ethyl adjacent to an activating group) is 1. The van der Waals surface area contributed by atoms with Gasteiger partial charge in [-0.2, -0.15) is 0 Å². The Labute approximate surface area is 312 Å². The third-order valence-corrected chi connectivity index (χ3v) is 10.9. The van der Waals surface area contributed by atoms with Crippen molar-refractivity contribution in [2.75, 3.05) is 46.0 Å². The van der Waals surface area contributed by atoms with Crippen molar-refractivity contribution in [3.05, 3.63) is 0 Å². The summed E-state index contributed by atoms with van der Waals surface area (Å²) in [7, 11) is 0. The van der Waals surface area contributed by atoms with Crippen LogP contribution in [0.15, 0.2) is 0 Å². The number of aliphatic hydroxyl groups is 1. The van der Waals surface area contributed by atoms with Gasteiger partial charge in [0.1, 0.15) is 32.8 Å². The Morgan fingerprint density at radius 3 is 0.900 bits per heavy atom. The zero-order chi connectivity index (χ0) is 36.6. The van der Waals surface area contributed by atoms with Crippen LogP contribution in [0, 0.1) is 0 Å². The molecule has 50 heavy (non-hydrogen) atoms. The van der Waals surface area contributed by atoms with E-state index in [0.717, 1.165) is 32.2 Å². The smallest absolute Gasteiger partial charge is 0.305 e. The first-order valence-electron chi connectivity index (χ1n) is 22.3. The first-order chi connectivity index (χ1) is 24.5. The summed E-state index contributed by atoms with van der Waals surface area (Å²) in [5, 5.41) is 9.72. The minimum Gasteiger partial charge on any atom is -0.460 e. The lowest BCUT2D eigenvalue weighted by Crippen LogP contribution is -2.53. The molecule has 0 aliphatic carbocycles. The Balaban J connectivity index is 3.79. The normalized spacial score (nSPS) is 11.7. The van der Waals surface area contributed by atoms with Crippen molar-refractivity contribution in [1.29, 1.82) is 0 Å². The maximum Gasteiger partial charge on any atom is 0.305 e. The molecule has 0 saturated heterocycles. The van der Waals surface area contributed by atoms with E-state index in [1.54, 1.807) is 0 Å². The molecule has 0 spiro atoms. The van der Waals surface area contributed by atoms with E-state index in [-0.39, 0.29) is 18.5 Å². The highest BCUT2D eigenvalue weighted by molar-refractivity contribution is 5.69. The standard InChI is InChI=1S/C44H88NO5/c1-4-7-9-11-13-15-17-19-21-23-25-27-29-31-33-35-43(47)49-41-38-45(6-3,37-40-46)39-42-50-44(48)36-34-32-30-28-26-24-22-20-18-16-14-12-10-8-5-2/h46H,4-42H2,1-3H3/q+1. The van der Waals surface area contributed by atoms with Gasteiger partial charge in [0.25, 0.3) is 0 Å². The van der Waals surface area contributed by atoms with Crippen LogP contribution in [-0.4, -0.2) is 67.5 Å². The maximum absolute atomic E-state index is 12.3. The molecule has 298 valence electrons. The number of ether oxygens (including phenoxy) is 2. The van der Waals surface area contributed by atoms with Gasteiger partial charge in [0, 0.05) is 12.8 Å². The molecule has 0 amide bonds. The number of nitrogens with zero attached hydrogens (tertiary/aromatic N) is 1. The second kappa shape index (κ2) is 39.1. The van der Waals surface area contributed by atoms with Gasteiger partial charge in [-0.3, -0.25) is 9.59 Å². The van der Waals surface area contributed by atoms with Crippen molar-refractivity contribution < 1.29 is 28.7 Å². The van der Waals surface area contributed by atoms with Gasteiger partial charge < -0.3 is 19.1 Å². The zero-order valence-electron chi connectivity index (χ0n) is 34.1. The third kappa shape index (κ3) is 34.0. The van der Waals surface area contributed by atoms with Gasteiger partial charge in [0.05, 0.1) is 13.2 Å². The highest BCUT2D eigenvalue weighted by Gasteiger charge is 2.26. The van der Waals surface area contributed by atoms with Crippen LogP contribution in [0.4, 0.5) is 0 Å². The summed E-state index contributed by atoms with van der Waals surface area (Å²) in [6, 6.07) is 0. The Hall–Kier alpha value is -1.14. The molecule has 0 aromatic carbocycles. The van der Waals surface area contributed by atoms with Crippen molar-refractivity contribution in [1.82, 2.24) is 0 Å². The van der Waals surface area contributed by atoms with E-state index in [4.69, 9.17) is 9.47 Å². The quantitative estimate of drug-likeness (QED) is 0.0388. The number of esters is 2. The lowest BCUT2D eigenvalue weighted by molar-refractivity contribution is -0.927.